The van der Waals surface area contributed by atoms with Gasteiger partial charge in [0.05, 0.1) is 0 Å². The normalized spacial score (nSPS) is 11.9. The molecule has 0 heterocycles. The molecule has 0 fully saturated rings. The van der Waals surface area contributed by atoms with Gasteiger partial charge in [0.25, 0.3) is 5.91 Å². The van der Waals surface area contributed by atoms with Gasteiger partial charge in [-0.2, -0.15) is 0 Å². The van der Waals surface area contributed by atoms with E-state index in [-0.39, 0.29) is 11.9 Å². The maximum absolute atomic E-state index is 11.9. The van der Waals surface area contributed by atoms with Crippen molar-refractivity contribution >= 4 is 5.91 Å². The molecule has 1 unspecified atom stereocenters. The first-order valence-corrected chi connectivity index (χ1v) is 6.34. The Balaban J connectivity index is 1.92. The second kappa shape index (κ2) is 6.16. The van der Waals surface area contributed by atoms with Crippen LogP contribution in [0.25, 0.3) is 0 Å². The average molecular weight is 254 g/mol. The van der Waals surface area contributed by atoms with Gasteiger partial charge in [-0.3, -0.25) is 10.2 Å². The molecule has 0 spiro atoms. The van der Waals surface area contributed by atoms with Crippen molar-refractivity contribution in [1.82, 2.24) is 10.9 Å². The number of hydrogen-bond donors (Lipinski definition) is 2. The summed E-state index contributed by atoms with van der Waals surface area (Å²) in [5.41, 5.74) is 8.75. The fraction of sp³-hybridized carbons (Fsp3) is 0.188. The van der Waals surface area contributed by atoms with Crippen LogP contribution in [0.15, 0.2) is 54.6 Å². The number of hydrogen-bond acceptors (Lipinski definition) is 2. The molecule has 1 amide bonds. The number of benzene rings is 2. The van der Waals surface area contributed by atoms with Gasteiger partial charge in [-0.25, -0.2) is 5.43 Å². The van der Waals surface area contributed by atoms with Gasteiger partial charge in [-0.05, 0) is 31.5 Å². The molecule has 0 aromatic heterocycles. The van der Waals surface area contributed by atoms with E-state index in [9.17, 15) is 4.79 Å². The van der Waals surface area contributed by atoms with Crippen LogP contribution in [0.3, 0.4) is 0 Å². The Kier molecular flexibility index (Phi) is 4.31. The quantitative estimate of drug-likeness (QED) is 0.823. The summed E-state index contributed by atoms with van der Waals surface area (Å²) in [6.45, 7) is 4.06. The molecule has 98 valence electrons. The summed E-state index contributed by atoms with van der Waals surface area (Å²) >= 11 is 0. The van der Waals surface area contributed by atoms with E-state index in [1.165, 1.54) is 5.56 Å². The van der Waals surface area contributed by atoms with Crippen LogP contribution < -0.4 is 10.9 Å². The van der Waals surface area contributed by atoms with Crippen molar-refractivity contribution in [2.45, 2.75) is 19.9 Å². The highest BCUT2D eigenvalue weighted by Gasteiger charge is 2.07. The molecule has 0 aliphatic rings. The van der Waals surface area contributed by atoms with Crippen molar-refractivity contribution in [2.24, 2.45) is 0 Å². The van der Waals surface area contributed by atoms with Crippen molar-refractivity contribution in [3.05, 3.63) is 71.3 Å². The fourth-order valence-electron chi connectivity index (χ4n) is 1.77. The number of rotatable bonds is 4. The highest BCUT2D eigenvalue weighted by Crippen LogP contribution is 2.12. The van der Waals surface area contributed by atoms with Gasteiger partial charge in [-0.15, -0.1) is 0 Å². The summed E-state index contributed by atoms with van der Waals surface area (Å²) in [5, 5.41) is 0. The van der Waals surface area contributed by atoms with Crippen LogP contribution in [-0.2, 0) is 0 Å². The summed E-state index contributed by atoms with van der Waals surface area (Å²) in [7, 11) is 0. The maximum Gasteiger partial charge on any atom is 0.265 e. The molecule has 0 aliphatic heterocycles. The number of aryl methyl sites for hydroxylation is 1. The van der Waals surface area contributed by atoms with E-state index in [2.05, 4.69) is 42.0 Å². The van der Waals surface area contributed by atoms with E-state index in [0.29, 0.717) is 5.56 Å². The van der Waals surface area contributed by atoms with Crippen molar-refractivity contribution in [1.29, 1.82) is 0 Å². The zero-order valence-electron chi connectivity index (χ0n) is 11.2. The van der Waals surface area contributed by atoms with Gasteiger partial charge >= 0.3 is 0 Å². The molecule has 2 rings (SSSR count). The zero-order valence-corrected chi connectivity index (χ0v) is 11.2. The summed E-state index contributed by atoms with van der Waals surface area (Å²) < 4.78 is 0. The summed E-state index contributed by atoms with van der Waals surface area (Å²) in [4.78, 5) is 11.9. The predicted octanol–water partition coefficient (Wildman–Crippen LogP) is 2.99. The van der Waals surface area contributed by atoms with Crippen molar-refractivity contribution in [3.63, 3.8) is 0 Å². The Morgan fingerprint density at radius 3 is 2.26 bits per heavy atom. The average Bonchev–Trinajstić information content (AvgIpc) is 2.46. The molecule has 0 saturated heterocycles. The Bertz CT molecular complexity index is 534. The van der Waals surface area contributed by atoms with Gasteiger partial charge in [0.15, 0.2) is 0 Å². The minimum absolute atomic E-state index is 0.0632. The molecule has 0 bridgehead atoms. The van der Waals surface area contributed by atoms with E-state index in [1.807, 2.05) is 25.1 Å². The van der Waals surface area contributed by atoms with E-state index < -0.39 is 0 Å². The van der Waals surface area contributed by atoms with Crippen LogP contribution in [0.4, 0.5) is 0 Å². The van der Waals surface area contributed by atoms with E-state index in [4.69, 9.17) is 0 Å². The van der Waals surface area contributed by atoms with E-state index >= 15 is 0 Å². The maximum atomic E-state index is 11.9. The molecular formula is C16H18N2O. The highest BCUT2D eigenvalue weighted by molar-refractivity contribution is 5.93. The molecule has 2 aromatic rings. The first kappa shape index (κ1) is 13.3. The Morgan fingerprint density at radius 1 is 1.00 bits per heavy atom. The Morgan fingerprint density at radius 2 is 1.63 bits per heavy atom. The van der Waals surface area contributed by atoms with Crippen LogP contribution >= 0.6 is 0 Å². The van der Waals surface area contributed by atoms with Crippen LogP contribution in [0.5, 0.6) is 0 Å². The molecule has 2 N–H and O–H groups in total. The largest absolute Gasteiger partial charge is 0.287 e. The molecule has 1 atom stereocenters. The lowest BCUT2D eigenvalue weighted by molar-refractivity contribution is 0.0926. The first-order chi connectivity index (χ1) is 9.16. The third-order valence-electron chi connectivity index (χ3n) is 3.02. The smallest absolute Gasteiger partial charge is 0.265 e. The molecule has 0 saturated carbocycles. The highest BCUT2D eigenvalue weighted by atomic mass is 16.2. The van der Waals surface area contributed by atoms with Crippen molar-refractivity contribution in [3.8, 4) is 0 Å². The number of nitrogens with one attached hydrogen (secondary N) is 2. The third-order valence-corrected chi connectivity index (χ3v) is 3.02. The monoisotopic (exact) mass is 254 g/mol. The Labute approximate surface area is 113 Å². The van der Waals surface area contributed by atoms with Crippen LogP contribution in [0.2, 0.25) is 0 Å². The number of carbonyl (C=O) groups is 1. The topological polar surface area (TPSA) is 41.1 Å². The van der Waals surface area contributed by atoms with Gasteiger partial charge in [0.2, 0.25) is 0 Å². The summed E-state index contributed by atoms with van der Waals surface area (Å²) in [5.74, 6) is -0.125. The summed E-state index contributed by atoms with van der Waals surface area (Å²) in [6.07, 6.45) is 0. The molecular weight excluding hydrogens is 236 g/mol. The van der Waals surface area contributed by atoms with Crippen molar-refractivity contribution < 1.29 is 4.79 Å². The molecule has 3 heteroatoms. The molecule has 2 aromatic carbocycles. The van der Waals surface area contributed by atoms with Crippen LogP contribution in [0, 0.1) is 6.92 Å². The fourth-order valence-corrected chi connectivity index (χ4v) is 1.77. The second-order valence-corrected chi connectivity index (χ2v) is 4.60. The first-order valence-electron chi connectivity index (χ1n) is 6.34. The number of carbonyl (C=O) groups excluding carboxylic acids is 1. The van der Waals surface area contributed by atoms with Crippen LogP contribution in [-0.4, -0.2) is 5.91 Å². The lowest BCUT2D eigenvalue weighted by Gasteiger charge is -2.15. The second-order valence-electron chi connectivity index (χ2n) is 4.60. The van der Waals surface area contributed by atoms with Gasteiger partial charge in [0.1, 0.15) is 0 Å². The minimum Gasteiger partial charge on any atom is -0.287 e. The molecule has 19 heavy (non-hydrogen) atoms. The zero-order chi connectivity index (χ0) is 13.7. The van der Waals surface area contributed by atoms with E-state index in [0.717, 1.165) is 5.56 Å². The minimum atomic E-state index is -0.125. The molecule has 3 nitrogen and oxygen atoms in total. The molecule has 0 aliphatic carbocycles. The van der Waals surface area contributed by atoms with Crippen LogP contribution in [0.1, 0.15) is 34.5 Å². The Hall–Kier alpha value is -2.13. The van der Waals surface area contributed by atoms with E-state index in [1.54, 1.807) is 12.1 Å². The van der Waals surface area contributed by atoms with Gasteiger partial charge in [-0.1, -0.05) is 48.0 Å². The lowest BCUT2D eigenvalue weighted by atomic mass is 10.1. The van der Waals surface area contributed by atoms with Gasteiger partial charge < -0.3 is 0 Å². The number of amides is 1. The standard InChI is InChI=1S/C16H18N2O/c1-12-8-10-14(11-9-12)13(2)17-18-16(19)15-6-4-3-5-7-15/h3-11,13,17H,1-2H3,(H,18,19). The SMILES string of the molecule is Cc1ccc(C(C)NNC(=O)c2ccccc2)cc1. The predicted molar refractivity (Wildman–Crippen MR) is 76.6 cm³/mol. The van der Waals surface area contributed by atoms with Gasteiger partial charge in [0, 0.05) is 11.6 Å². The number of hydrazine groups is 1. The lowest BCUT2D eigenvalue weighted by Crippen LogP contribution is -2.39. The molecule has 0 radical (unpaired) electrons. The third kappa shape index (κ3) is 3.66. The van der Waals surface area contributed by atoms with Crippen molar-refractivity contribution in [2.75, 3.05) is 0 Å². The summed E-state index contributed by atoms with van der Waals surface area (Å²) in [6, 6.07) is 17.5.